The summed E-state index contributed by atoms with van der Waals surface area (Å²) in [6.45, 7) is 5.07. The molecule has 0 amide bonds. The fourth-order valence-corrected chi connectivity index (χ4v) is 2.40. The van der Waals surface area contributed by atoms with Gasteiger partial charge in [-0.2, -0.15) is 0 Å². The molecular formula is C15H18FNO4. The lowest BCUT2D eigenvalue weighted by Crippen LogP contribution is -2.26. The fourth-order valence-electron chi connectivity index (χ4n) is 2.40. The molecule has 1 aromatic heterocycles. The zero-order valence-corrected chi connectivity index (χ0v) is 12.0. The van der Waals surface area contributed by atoms with Crippen molar-refractivity contribution >= 4 is 16.9 Å². The monoisotopic (exact) mass is 295 g/mol. The Hall–Kier alpha value is -1.92. The maximum absolute atomic E-state index is 13.8. The highest BCUT2D eigenvalue weighted by molar-refractivity contribution is 5.95. The number of aliphatic hydroxyl groups excluding tert-OH is 1. The van der Waals surface area contributed by atoms with E-state index in [0.29, 0.717) is 41.7 Å². The Morgan fingerprint density at radius 2 is 2.14 bits per heavy atom. The summed E-state index contributed by atoms with van der Waals surface area (Å²) in [7, 11) is 0. The van der Waals surface area contributed by atoms with Crippen molar-refractivity contribution in [1.82, 2.24) is 4.90 Å². The summed E-state index contributed by atoms with van der Waals surface area (Å²) >= 11 is 0. The number of aryl methyl sites for hydroxylation is 1. The van der Waals surface area contributed by atoms with Crippen molar-refractivity contribution in [1.29, 1.82) is 0 Å². The Morgan fingerprint density at radius 1 is 1.43 bits per heavy atom. The van der Waals surface area contributed by atoms with Gasteiger partial charge in [-0.05, 0) is 25.6 Å². The summed E-state index contributed by atoms with van der Waals surface area (Å²) in [6, 6.07) is 2.63. The van der Waals surface area contributed by atoms with E-state index in [1.807, 2.05) is 11.8 Å². The number of furan rings is 1. The topological polar surface area (TPSA) is 73.9 Å². The molecule has 2 aromatic rings. The number of hydrogen-bond acceptors (Lipinski definition) is 4. The molecule has 0 fully saturated rings. The minimum atomic E-state index is -1.17. The number of aromatic carboxylic acids is 1. The molecule has 1 heterocycles. The van der Waals surface area contributed by atoms with Gasteiger partial charge in [-0.25, -0.2) is 9.18 Å². The second-order valence-corrected chi connectivity index (χ2v) is 4.90. The zero-order chi connectivity index (χ0) is 15.6. The molecule has 0 spiro atoms. The summed E-state index contributed by atoms with van der Waals surface area (Å²) in [5.41, 5.74) is 1.39. The van der Waals surface area contributed by atoms with Crippen LogP contribution in [0.5, 0.6) is 0 Å². The molecule has 0 bridgehead atoms. The number of carboxylic acids is 1. The van der Waals surface area contributed by atoms with Crippen LogP contribution >= 0.6 is 0 Å². The molecule has 21 heavy (non-hydrogen) atoms. The third kappa shape index (κ3) is 3.06. The third-order valence-corrected chi connectivity index (χ3v) is 3.53. The van der Waals surface area contributed by atoms with Gasteiger partial charge in [0.05, 0.1) is 6.61 Å². The molecule has 0 saturated heterocycles. The largest absolute Gasteiger partial charge is 0.475 e. The zero-order valence-electron chi connectivity index (χ0n) is 12.0. The van der Waals surface area contributed by atoms with Crippen LogP contribution < -0.4 is 0 Å². The molecule has 5 nitrogen and oxygen atoms in total. The van der Waals surface area contributed by atoms with Crippen LogP contribution in [0.2, 0.25) is 0 Å². The number of fused-ring (bicyclic) bond motifs is 1. The summed E-state index contributed by atoms with van der Waals surface area (Å²) in [6.07, 6.45) is 0. The molecule has 6 heteroatoms. The molecule has 0 aliphatic heterocycles. The van der Waals surface area contributed by atoms with Crippen molar-refractivity contribution in [2.45, 2.75) is 20.4 Å². The Balaban J connectivity index is 2.52. The van der Waals surface area contributed by atoms with Gasteiger partial charge in [-0.1, -0.05) is 6.92 Å². The van der Waals surface area contributed by atoms with Crippen LogP contribution in [0.3, 0.4) is 0 Å². The van der Waals surface area contributed by atoms with Crippen LogP contribution in [-0.4, -0.2) is 40.8 Å². The maximum Gasteiger partial charge on any atom is 0.372 e. The Morgan fingerprint density at radius 3 is 2.71 bits per heavy atom. The normalized spacial score (nSPS) is 11.5. The Bertz CT molecular complexity index is 665. The standard InChI is InChI=1S/C15H18FNO4/c1-3-17(4-5-18)8-10-6-11(16)7-12-9(2)13(15(19)20)21-14(10)12/h6-7,18H,3-5,8H2,1-2H3,(H,19,20). The Kier molecular flexibility index (Phi) is 4.59. The van der Waals surface area contributed by atoms with Crippen LogP contribution in [-0.2, 0) is 6.54 Å². The van der Waals surface area contributed by atoms with E-state index in [-0.39, 0.29) is 12.4 Å². The summed E-state index contributed by atoms with van der Waals surface area (Å²) < 4.78 is 19.2. The number of rotatable bonds is 6. The van der Waals surface area contributed by atoms with Gasteiger partial charge in [0.25, 0.3) is 0 Å². The minimum absolute atomic E-state index is 0.00383. The summed E-state index contributed by atoms with van der Waals surface area (Å²) in [5.74, 6) is -1.77. The van der Waals surface area contributed by atoms with Gasteiger partial charge in [-0.3, -0.25) is 4.90 Å². The number of carbonyl (C=O) groups is 1. The molecule has 2 N–H and O–H groups in total. The number of hydrogen-bond donors (Lipinski definition) is 2. The number of halogens is 1. The van der Waals surface area contributed by atoms with Gasteiger partial charge in [0, 0.05) is 29.6 Å². The first-order chi connectivity index (χ1) is 9.97. The van der Waals surface area contributed by atoms with Gasteiger partial charge in [0.1, 0.15) is 11.4 Å². The first-order valence-electron chi connectivity index (χ1n) is 6.76. The molecule has 0 unspecified atom stereocenters. The van der Waals surface area contributed by atoms with Gasteiger partial charge in [0.15, 0.2) is 0 Å². The van der Waals surface area contributed by atoms with E-state index in [0.717, 1.165) is 0 Å². The Labute approximate surface area is 121 Å². The molecule has 0 radical (unpaired) electrons. The quantitative estimate of drug-likeness (QED) is 0.856. The molecule has 114 valence electrons. The number of aliphatic hydroxyl groups is 1. The van der Waals surface area contributed by atoms with Gasteiger partial charge < -0.3 is 14.6 Å². The predicted molar refractivity (Wildman–Crippen MR) is 75.9 cm³/mol. The lowest BCUT2D eigenvalue weighted by molar-refractivity contribution is 0.0664. The molecule has 1 aromatic carbocycles. The van der Waals surface area contributed by atoms with Crippen molar-refractivity contribution in [3.8, 4) is 0 Å². The molecule has 0 aliphatic rings. The molecular weight excluding hydrogens is 277 g/mol. The van der Waals surface area contributed by atoms with Gasteiger partial charge in [0.2, 0.25) is 5.76 Å². The van der Waals surface area contributed by atoms with Crippen molar-refractivity contribution in [2.75, 3.05) is 19.7 Å². The van der Waals surface area contributed by atoms with Crippen molar-refractivity contribution in [3.05, 3.63) is 34.8 Å². The number of carboxylic acid groups (broad SMARTS) is 1. The summed E-state index contributed by atoms with van der Waals surface area (Å²) in [5, 5.41) is 18.6. The minimum Gasteiger partial charge on any atom is -0.475 e. The number of nitrogens with zero attached hydrogens (tertiary/aromatic N) is 1. The van der Waals surface area contributed by atoms with Crippen LogP contribution in [0.15, 0.2) is 16.5 Å². The second-order valence-electron chi connectivity index (χ2n) is 4.90. The van der Waals surface area contributed by atoms with Crippen molar-refractivity contribution in [2.24, 2.45) is 0 Å². The SMILES string of the molecule is CCN(CCO)Cc1cc(F)cc2c(C)c(C(=O)O)oc12. The lowest BCUT2D eigenvalue weighted by atomic mass is 10.1. The molecule has 0 saturated carbocycles. The van der Waals surface area contributed by atoms with E-state index < -0.39 is 11.8 Å². The van der Waals surface area contributed by atoms with Crippen molar-refractivity contribution in [3.63, 3.8) is 0 Å². The van der Waals surface area contributed by atoms with Crippen LogP contribution in [0.25, 0.3) is 11.0 Å². The van der Waals surface area contributed by atoms with Crippen LogP contribution in [0, 0.1) is 12.7 Å². The average molecular weight is 295 g/mol. The number of likely N-dealkylation sites (N-methyl/N-ethyl adjacent to an activating group) is 1. The highest BCUT2D eigenvalue weighted by Crippen LogP contribution is 2.30. The fraction of sp³-hybridized carbons (Fsp3) is 0.400. The van der Waals surface area contributed by atoms with E-state index in [1.54, 1.807) is 6.92 Å². The van der Waals surface area contributed by atoms with E-state index >= 15 is 0 Å². The van der Waals surface area contributed by atoms with E-state index in [2.05, 4.69) is 0 Å². The number of benzene rings is 1. The van der Waals surface area contributed by atoms with Gasteiger partial charge in [-0.15, -0.1) is 0 Å². The third-order valence-electron chi connectivity index (χ3n) is 3.53. The predicted octanol–water partition coefficient (Wildman–Crippen LogP) is 2.39. The first kappa shape index (κ1) is 15.5. The maximum atomic E-state index is 13.8. The van der Waals surface area contributed by atoms with Gasteiger partial charge >= 0.3 is 5.97 Å². The highest BCUT2D eigenvalue weighted by Gasteiger charge is 2.20. The van der Waals surface area contributed by atoms with Crippen molar-refractivity contribution < 1.29 is 23.8 Å². The first-order valence-corrected chi connectivity index (χ1v) is 6.76. The smallest absolute Gasteiger partial charge is 0.372 e. The van der Waals surface area contributed by atoms with Crippen LogP contribution in [0.1, 0.15) is 28.6 Å². The molecule has 0 atom stereocenters. The van der Waals surface area contributed by atoms with E-state index in [4.69, 9.17) is 14.6 Å². The lowest BCUT2D eigenvalue weighted by Gasteiger charge is -2.19. The van der Waals surface area contributed by atoms with E-state index in [9.17, 15) is 9.18 Å². The van der Waals surface area contributed by atoms with Crippen LogP contribution in [0.4, 0.5) is 4.39 Å². The highest BCUT2D eigenvalue weighted by atomic mass is 19.1. The molecule has 0 aliphatic carbocycles. The second kappa shape index (κ2) is 6.24. The molecule has 2 rings (SSSR count). The van der Waals surface area contributed by atoms with E-state index in [1.165, 1.54) is 12.1 Å². The summed E-state index contributed by atoms with van der Waals surface area (Å²) in [4.78, 5) is 13.1. The average Bonchev–Trinajstić information content (AvgIpc) is 2.76.